The van der Waals surface area contributed by atoms with Crippen LogP contribution in [0.25, 0.3) is 0 Å². The molecule has 0 N–H and O–H groups in total. The quantitative estimate of drug-likeness (QED) is 0.725. The van der Waals surface area contributed by atoms with Crippen LogP contribution in [0.5, 0.6) is 0 Å². The molecule has 0 saturated carbocycles. The Morgan fingerprint density at radius 2 is 2.04 bits per heavy atom. The number of hydrogen-bond acceptors (Lipinski definition) is 2. The lowest BCUT2D eigenvalue weighted by Crippen LogP contribution is -2.42. The summed E-state index contributed by atoms with van der Waals surface area (Å²) in [6, 6.07) is 11.1. The molecule has 2 aromatic carbocycles. The third-order valence-electron chi connectivity index (χ3n) is 4.05. The summed E-state index contributed by atoms with van der Waals surface area (Å²) in [5, 5.41) is -0.0739. The lowest BCUT2D eigenvalue weighted by atomic mass is 10.2. The Morgan fingerprint density at radius 3 is 2.68 bits per heavy atom. The summed E-state index contributed by atoms with van der Waals surface area (Å²) in [6.07, 6.45) is 1.24. The standard InChI is InChI=1S/C18H15BrClFN2O2/c19-14-5-2-1-4-13(14)18(25)23(11-22-9-3-6-17(22)24)12-7-8-16(21)15(20)10-12/h1-2,4-5,7-8,10H,3,6,9,11H2. The van der Waals surface area contributed by atoms with Crippen LogP contribution in [0, 0.1) is 5.82 Å². The van der Waals surface area contributed by atoms with Crippen LogP contribution < -0.4 is 4.90 Å². The summed E-state index contributed by atoms with van der Waals surface area (Å²) in [5.74, 6) is -0.857. The SMILES string of the molecule is O=C1CCCN1CN(C(=O)c1ccccc1Br)c1ccc(F)c(Cl)c1. The number of carbonyl (C=O) groups is 2. The van der Waals surface area contributed by atoms with E-state index in [1.807, 2.05) is 6.07 Å². The summed E-state index contributed by atoms with van der Waals surface area (Å²) >= 11 is 9.26. The number of nitrogens with zero attached hydrogens (tertiary/aromatic N) is 2. The van der Waals surface area contributed by atoms with E-state index >= 15 is 0 Å². The van der Waals surface area contributed by atoms with Crippen LogP contribution >= 0.6 is 27.5 Å². The Kier molecular flexibility index (Phi) is 5.39. The molecule has 0 aliphatic carbocycles. The van der Waals surface area contributed by atoms with Gasteiger partial charge < -0.3 is 4.90 Å². The van der Waals surface area contributed by atoms with Gasteiger partial charge in [0.05, 0.1) is 10.6 Å². The van der Waals surface area contributed by atoms with E-state index in [2.05, 4.69) is 15.9 Å². The van der Waals surface area contributed by atoms with Crippen molar-refractivity contribution in [3.05, 3.63) is 63.3 Å². The third kappa shape index (κ3) is 3.85. The highest BCUT2D eigenvalue weighted by molar-refractivity contribution is 9.10. The summed E-state index contributed by atoms with van der Waals surface area (Å²) in [7, 11) is 0. The van der Waals surface area contributed by atoms with Crippen molar-refractivity contribution in [3.8, 4) is 0 Å². The number of carbonyl (C=O) groups excluding carboxylic acids is 2. The molecule has 0 aromatic heterocycles. The van der Waals surface area contributed by atoms with Gasteiger partial charge in [-0.1, -0.05) is 23.7 Å². The molecule has 0 radical (unpaired) electrons. The Labute approximate surface area is 158 Å². The fourth-order valence-corrected chi connectivity index (χ4v) is 3.35. The van der Waals surface area contributed by atoms with Crippen molar-refractivity contribution >= 4 is 45.0 Å². The largest absolute Gasteiger partial charge is 0.324 e. The van der Waals surface area contributed by atoms with Gasteiger partial charge >= 0.3 is 0 Å². The van der Waals surface area contributed by atoms with Gasteiger partial charge in [0.2, 0.25) is 5.91 Å². The molecule has 1 saturated heterocycles. The second kappa shape index (κ2) is 7.54. The highest BCUT2D eigenvalue weighted by Crippen LogP contribution is 2.27. The second-order valence-electron chi connectivity index (χ2n) is 5.71. The van der Waals surface area contributed by atoms with Gasteiger partial charge in [-0.3, -0.25) is 14.5 Å². The zero-order valence-electron chi connectivity index (χ0n) is 13.2. The molecule has 0 atom stereocenters. The van der Waals surface area contributed by atoms with Crippen LogP contribution in [0.1, 0.15) is 23.2 Å². The predicted molar refractivity (Wildman–Crippen MR) is 98.2 cm³/mol. The van der Waals surface area contributed by atoms with Gasteiger partial charge in [0, 0.05) is 23.1 Å². The molecular formula is C18H15BrClFN2O2. The second-order valence-corrected chi connectivity index (χ2v) is 6.98. The van der Waals surface area contributed by atoms with Gasteiger partial charge in [0.1, 0.15) is 12.5 Å². The number of anilines is 1. The van der Waals surface area contributed by atoms with Crippen molar-refractivity contribution in [2.75, 3.05) is 18.1 Å². The molecule has 4 nitrogen and oxygen atoms in total. The Bertz CT molecular complexity index is 830. The lowest BCUT2D eigenvalue weighted by molar-refractivity contribution is -0.127. The van der Waals surface area contributed by atoms with E-state index in [-0.39, 0.29) is 23.5 Å². The summed E-state index contributed by atoms with van der Waals surface area (Å²) in [5.41, 5.74) is 0.890. The van der Waals surface area contributed by atoms with Gasteiger partial charge in [-0.05, 0) is 52.7 Å². The molecule has 0 spiro atoms. The monoisotopic (exact) mass is 424 g/mol. The topological polar surface area (TPSA) is 40.6 Å². The van der Waals surface area contributed by atoms with Crippen molar-refractivity contribution in [1.29, 1.82) is 0 Å². The van der Waals surface area contributed by atoms with E-state index in [0.29, 0.717) is 28.7 Å². The first kappa shape index (κ1) is 17.9. The van der Waals surface area contributed by atoms with E-state index in [0.717, 1.165) is 6.42 Å². The minimum Gasteiger partial charge on any atom is -0.324 e. The highest BCUT2D eigenvalue weighted by Gasteiger charge is 2.27. The van der Waals surface area contributed by atoms with Crippen LogP contribution in [-0.4, -0.2) is 29.9 Å². The first-order chi connectivity index (χ1) is 12.0. The zero-order valence-corrected chi connectivity index (χ0v) is 15.6. The molecule has 0 unspecified atom stereocenters. The molecule has 1 aliphatic heterocycles. The van der Waals surface area contributed by atoms with Crippen molar-refractivity contribution in [3.63, 3.8) is 0 Å². The van der Waals surface area contributed by atoms with Crippen LogP contribution in [0.4, 0.5) is 10.1 Å². The van der Waals surface area contributed by atoms with Gasteiger partial charge in [-0.15, -0.1) is 0 Å². The van der Waals surface area contributed by atoms with Gasteiger partial charge in [0.15, 0.2) is 0 Å². The number of amides is 2. The van der Waals surface area contributed by atoms with E-state index in [4.69, 9.17) is 11.6 Å². The number of benzene rings is 2. The van der Waals surface area contributed by atoms with Crippen LogP contribution in [0.3, 0.4) is 0 Å². The minimum absolute atomic E-state index is 0.00173. The Hall–Kier alpha value is -1.92. The molecule has 1 fully saturated rings. The summed E-state index contributed by atoms with van der Waals surface area (Å²) < 4.78 is 14.2. The lowest BCUT2D eigenvalue weighted by Gasteiger charge is -2.28. The number of rotatable bonds is 4. The van der Waals surface area contributed by atoms with Gasteiger partial charge in [-0.2, -0.15) is 0 Å². The molecule has 2 amide bonds. The van der Waals surface area contributed by atoms with Gasteiger partial charge in [-0.25, -0.2) is 4.39 Å². The number of likely N-dealkylation sites (tertiary alicyclic amines) is 1. The molecule has 130 valence electrons. The van der Waals surface area contributed by atoms with E-state index in [1.54, 1.807) is 23.1 Å². The number of halogens is 3. The van der Waals surface area contributed by atoms with Crippen LogP contribution in [-0.2, 0) is 4.79 Å². The average molecular weight is 426 g/mol. The molecule has 0 bridgehead atoms. The fourth-order valence-electron chi connectivity index (χ4n) is 2.72. The maximum absolute atomic E-state index is 13.5. The minimum atomic E-state index is -0.559. The molecule has 25 heavy (non-hydrogen) atoms. The molecule has 1 aliphatic rings. The Balaban J connectivity index is 1.98. The zero-order chi connectivity index (χ0) is 18.0. The maximum atomic E-state index is 13.5. The van der Waals surface area contributed by atoms with E-state index in [9.17, 15) is 14.0 Å². The first-order valence-electron chi connectivity index (χ1n) is 7.76. The van der Waals surface area contributed by atoms with Crippen molar-refractivity contribution < 1.29 is 14.0 Å². The van der Waals surface area contributed by atoms with Crippen molar-refractivity contribution in [2.24, 2.45) is 0 Å². The summed E-state index contributed by atoms with van der Waals surface area (Å²) in [4.78, 5) is 28.1. The predicted octanol–water partition coefficient (Wildman–Crippen LogP) is 4.47. The van der Waals surface area contributed by atoms with E-state index < -0.39 is 5.82 Å². The van der Waals surface area contributed by atoms with E-state index in [1.165, 1.54) is 23.1 Å². The molecule has 7 heteroatoms. The molecular weight excluding hydrogens is 411 g/mol. The van der Waals surface area contributed by atoms with Crippen LogP contribution in [0.15, 0.2) is 46.9 Å². The first-order valence-corrected chi connectivity index (χ1v) is 8.93. The molecule has 3 rings (SSSR count). The smallest absolute Gasteiger partial charge is 0.260 e. The van der Waals surface area contributed by atoms with Crippen molar-refractivity contribution in [1.82, 2.24) is 4.90 Å². The summed E-state index contributed by atoms with van der Waals surface area (Å²) in [6.45, 7) is 0.689. The highest BCUT2D eigenvalue weighted by atomic mass is 79.9. The Morgan fingerprint density at radius 1 is 1.28 bits per heavy atom. The average Bonchev–Trinajstić information content (AvgIpc) is 3.00. The van der Waals surface area contributed by atoms with Crippen LogP contribution in [0.2, 0.25) is 5.02 Å². The third-order valence-corrected chi connectivity index (χ3v) is 5.03. The fraction of sp³-hybridized carbons (Fsp3) is 0.222. The molecule has 1 heterocycles. The van der Waals surface area contributed by atoms with Gasteiger partial charge in [0.25, 0.3) is 5.91 Å². The normalized spacial score (nSPS) is 14.0. The maximum Gasteiger partial charge on any atom is 0.260 e. The number of hydrogen-bond donors (Lipinski definition) is 0. The molecule has 2 aromatic rings. The van der Waals surface area contributed by atoms with Crippen molar-refractivity contribution in [2.45, 2.75) is 12.8 Å².